The molecule has 0 saturated heterocycles. The summed E-state index contributed by atoms with van der Waals surface area (Å²) < 4.78 is 0. The minimum absolute atomic E-state index is 0.0879. The summed E-state index contributed by atoms with van der Waals surface area (Å²) in [4.78, 5) is 31.4. The Labute approximate surface area is 179 Å². The summed E-state index contributed by atoms with van der Waals surface area (Å²) >= 11 is 1.28. The van der Waals surface area contributed by atoms with Gasteiger partial charge in [-0.05, 0) is 31.0 Å². The maximum atomic E-state index is 13.1. The zero-order valence-corrected chi connectivity index (χ0v) is 17.7. The molecule has 154 valence electrons. The molecule has 0 radical (unpaired) electrons. The monoisotopic (exact) mass is 421 g/mol. The number of aryl methyl sites for hydroxylation is 1. The van der Waals surface area contributed by atoms with Crippen LogP contribution >= 0.6 is 11.8 Å². The van der Waals surface area contributed by atoms with Crippen molar-refractivity contribution in [3.63, 3.8) is 0 Å². The number of rotatable bonds is 5. The van der Waals surface area contributed by atoms with E-state index >= 15 is 0 Å². The molecule has 1 atom stereocenters. The molecule has 3 aromatic rings. The lowest BCUT2D eigenvalue weighted by Gasteiger charge is -2.27. The molecule has 7 nitrogen and oxygen atoms in total. The number of anilines is 2. The van der Waals surface area contributed by atoms with Gasteiger partial charge in [0.2, 0.25) is 17.0 Å². The van der Waals surface area contributed by atoms with Crippen LogP contribution in [0.25, 0.3) is 11.4 Å². The summed E-state index contributed by atoms with van der Waals surface area (Å²) in [6.07, 6.45) is 1.24. The van der Waals surface area contributed by atoms with E-state index < -0.39 is 0 Å². The van der Waals surface area contributed by atoms with E-state index in [9.17, 15) is 9.59 Å². The molecular formula is C22H23N5O2S. The minimum atomic E-state index is -0.235. The number of para-hydroxylation sites is 2. The highest BCUT2D eigenvalue weighted by molar-refractivity contribution is 7.99. The number of nitrogens with one attached hydrogen (secondary N) is 2. The molecule has 2 N–H and O–H groups in total. The third kappa shape index (κ3) is 4.23. The Balaban J connectivity index is 1.47. The van der Waals surface area contributed by atoms with Crippen molar-refractivity contribution in [1.82, 2.24) is 15.2 Å². The molecule has 0 saturated carbocycles. The summed E-state index contributed by atoms with van der Waals surface area (Å²) in [5.74, 6) is 0.676. The maximum Gasteiger partial charge on any atom is 0.237 e. The predicted molar refractivity (Wildman–Crippen MR) is 119 cm³/mol. The van der Waals surface area contributed by atoms with Crippen molar-refractivity contribution >= 4 is 35.0 Å². The van der Waals surface area contributed by atoms with Crippen LogP contribution < -0.4 is 10.2 Å². The Morgan fingerprint density at radius 1 is 1.20 bits per heavy atom. The zero-order chi connectivity index (χ0) is 21.1. The first kappa shape index (κ1) is 20.2. The Morgan fingerprint density at radius 2 is 1.97 bits per heavy atom. The predicted octanol–water partition coefficient (Wildman–Crippen LogP) is 3.89. The van der Waals surface area contributed by atoms with Crippen LogP contribution in [0.3, 0.4) is 0 Å². The van der Waals surface area contributed by atoms with Crippen molar-refractivity contribution in [2.75, 3.05) is 16.0 Å². The van der Waals surface area contributed by atoms with E-state index in [0.717, 1.165) is 12.0 Å². The standard InChI is InChI=1S/C22H23N5O2S/c1-3-15-8-10-16(11-9-15)21-24-22(26-25-21)30-13-20(29)27-14(2)12-19(28)23-17-6-4-5-7-18(17)27/h4-11,14H,3,12-13H2,1-2H3,(H,23,28)(H,24,25,26)/t14-/m1/s1. The fourth-order valence-corrected chi connectivity index (χ4v) is 4.16. The van der Waals surface area contributed by atoms with Crippen molar-refractivity contribution in [1.29, 1.82) is 0 Å². The molecule has 0 unspecified atom stereocenters. The van der Waals surface area contributed by atoms with Gasteiger partial charge in [0.25, 0.3) is 0 Å². The Hall–Kier alpha value is -3.13. The average Bonchev–Trinajstić information content (AvgIpc) is 3.17. The lowest BCUT2D eigenvalue weighted by Crippen LogP contribution is -2.40. The number of aromatic amines is 1. The molecular weight excluding hydrogens is 398 g/mol. The molecule has 0 aliphatic carbocycles. The molecule has 0 spiro atoms. The van der Waals surface area contributed by atoms with Crippen LogP contribution in [0.1, 0.15) is 25.8 Å². The smallest absolute Gasteiger partial charge is 0.237 e. The summed E-state index contributed by atoms with van der Waals surface area (Å²) in [5, 5.41) is 10.6. The van der Waals surface area contributed by atoms with Crippen molar-refractivity contribution < 1.29 is 9.59 Å². The number of hydrogen-bond acceptors (Lipinski definition) is 5. The quantitative estimate of drug-likeness (QED) is 0.610. The number of benzene rings is 2. The third-order valence-electron chi connectivity index (χ3n) is 5.05. The van der Waals surface area contributed by atoms with E-state index in [1.807, 2.05) is 43.3 Å². The number of fused-ring (bicyclic) bond motifs is 1. The van der Waals surface area contributed by atoms with Gasteiger partial charge < -0.3 is 10.2 Å². The van der Waals surface area contributed by atoms with Gasteiger partial charge in [-0.15, -0.1) is 5.10 Å². The lowest BCUT2D eigenvalue weighted by atomic mass is 10.1. The van der Waals surface area contributed by atoms with Gasteiger partial charge in [-0.1, -0.05) is 55.1 Å². The number of aromatic nitrogens is 3. The van der Waals surface area contributed by atoms with Gasteiger partial charge in [0.05, 0.1) is 17.1 Å². The van der Waals surface area contributed by atoms with Crippen LogP contribution in [-0.4, -0.2) is 38.8 Å². The summed E-state index contributed by atoms with van der Waals surface area (Å²) in [7, 11) is 0. The second kappa shape index (κ2) is 8.71. The van der Waals surface area contributed by atoms with Crippen molar-refractivity contribution in [3.05, 3.63) is 54.1 Å². The van der Waals surface area contributed by atoms with E-state index in [-0.39, 0.29) is 30.0 Å². The van der Waals surface area contributed by atoms with Gasteiger partial charge >= 0.3 is 0 Å². The van der Waals surface area contributed by atoms with Gasteiger partial charge in [0.15, 0.2) is 5.82 Å². The summed E-state index contributed by atoms with van der Waals surface area (Å²) in [6.45, 7) is 4.00. The summed E-state index contributed by atoms with van der Waals surface area (Å²) in [6, 6.07) is 15.3. The van der Waals surface area contributed by atoms with E-state index in [2.05, 4.69) is 39.6 Å². The number of carbonyl (C=O) groups excluding carboxylic acids is 2. The highest BCUT2D eigenvalue weighted by Crippen LogP contribution is 2.32. The van der Waals surface area contributed by atoms with E-state index in [0.29, 0.717) is 22.4 Å². The molecule has 0 fully saturated rings. The SMILES string of the molecule is CCc1ccc(-c2nc(SCC(=O)N3c4ccccc4NC(=O)C[C@H]3C)n[nH]2)cc1. The first-order chi connectivity index (χ1) is 14.5. The van der Waals surface area contributed by atoms with Crippen LogP contribution in [0.5, 0.6) is 0 Å². The molecule has 0 bridgehead atoms. The van der Waals surface area contributed by atoms with Crippen LogP contribution in [0.2, 0.25) is 0 Å². The van der Waals surface area contributed by atoms with Crippen LogP contribution in [0.15, 0.2) is 53.7 Å². The number of thioether (sulfide) groups is 1. The fraction of sp³-hybridized carbons (Fsp3) is 0.273. The number of carbonyl (C=O) groups is 2. The molecule has 1 aliphatic rings. The normalized spacial score (nSPS) is 16.0. The maximum absolute atomic E-state index is 13.1. The largest absolute Gasteiger partial charge is 0.324 e. The van der Waals surface area contributed by atoms with Crippen molar-refractivity contribution in [2.24, 2.45) is 0 Å². The fourth-order valence-electron chi connectivity index (χ4n) is 3.50. The van der Waals surface area contributed by atoms with Gasteiger partial charge in [0, 0.05) is 18.0 Å². The number of hydrogen-bond donors (Lipinski definition) is 2. The van der Waals surface area contributed by atoms with E-state index in [4.69, 9.17) is 0 Å². The van der Waals surface area contributed by atoms with E-state index in [1.54, 1.807) is 4.90 Å². The Morgan fingerprint density at radius 3 is 2.73 bits per heavy atom. The second-order valence-electron chi connectivity index (χ2n) is 7.19. The molecule has 30 heavy (non-hydrogen) atoms. The zero-order valence-electron chi connectivity index (χ0n) is 16.9. The molecule has 1 aromatic heterocycles. The van der Waals surface area contributed by atoms with E-state index in [1.165, 1.54) is 17.3 Å². The first-order valence-corrected chi connectivity index (χ1v) is 10.9. The number of H-pyrrole nitrogens is 1. The second-order valence-corrected chi connectivity index (χ2v) is 8.13. The van der Waals surface area contributed by atoms with Crippen LogP contribution in [0, 0.1) is 0 Å². The van der Waals surface area contributed by atoms with Crippen molar-refractivity contribution in [3.8, 4) is 11.4 Å². The molecule has 8 heteroatoms. The highest BCUT2D eigenvalue weighted by Gasteiger charge is 2.29. The van der Waals surface area contributed by atoms with Gasteiger partial charge in [-0.2, -0.15) is 0 Å². The first-order valence-electron chi connectivity index (χ1n) is 9.90. The Kier molecular flexibility index (Phi) is 5.85. The van der Waals surface area contributed by atoms with Gasteiger partial charge in [0.1, 0.15) is 0 Å². The molecule has 2 amide bonds. The lowest BCUT2D eigenvalue weighted by molar-refractivity contribution is -0.117. The average molecular weight is 422 g/mol. The number of amides is 2. The Bertz CT molecular complexity index is 1060. The molecule has 2 heterocycles. The van der Waals surface area contributed by atoms with Crippen molar-refractivity contribution in [2.45, 2.75) is 37.9 Å². The molecule has 2 aromatic carbocycles. The minimum Gasteiger partial charge on any atom is -0.324 e. The molecule has 1 aliphatic heterocycles. The van der Waals surface area contributed by atoms with Crippen LogP contribution in [-0.2, 0) is 16.0 Å². The van der Waals surface area contributed by atoms with Gasteiger partial charge in [-0.3, -0.25) is 14.7 Å². The highest BCUT2D eigenvalue weighted by atomic mass is 32.2. The topological polar surface area (TPSA) is 91.0 Å². The third-order valence-corrected chi connectivity index (χ3v) is 5.89. The molecule has 4 rings (SSSR count). The number of nitrogens with zero attached hydrogens (tertiary/aromatic N) is 3. The van der Waals surface area contributed by atoms with Gasteiger partial charge in [-0.25, -0.2) is 4.98 Å². The van der Waals surface area contributed by atoms with Crippen LogP contribution in [0.4, 0.5) is 11.4 Å². The summed E-state index contributed by atoms with van der Waals surface area (Å²) in [5.41, 5.74) is 3.59.